The van der Waals surface area contributed by atoms with Gasteiger partial charge in [-0.15, -0.1) is 11.3 Å². The number of carbonyl (C=O) groups excluding carboxylic acids is 1. The van der Waals surface area contributed by atoms with Crippen molar-refractivity contribution in [2.24, 2.45) is 0 Å². The highest BCUT2D eigenvalue weighted by Gasteiger charge is 2.23. The smallest absolute Gasteiger partial charge is 0.244 e. The number of aryl methyl sites for hydroxylation is 1. The zero-order chi connectivity index (χ0) is 13.0. The number of rotatable bonds is 3. The van der Waals surface area contributed by atoms with Gasteiger partial charge < -0.3 is 10.4 Å². The summed E-state index contributed by atoms with van der Waals surface area (Å²) in [6.07, 6.45) is 6.80. The molecule has 1 fully saturated rings. The van der Waals surface area contributed by atoms with Crippen molar-refractivity contribution in [3.8, 4) is 0 Å². The van der Waals surface area contributed by atoms with Crippen molar-refractivity contribution in [1.29, 1.82) is 0 Å². The Morgan fingerprint density at radius 1 is 1.50 bits per heavy atom. The minimum absolute atomic E-state index is 0.0830. The first-order valence-electron chi connectivity index (χ1n) is 6.37. The highest BCUT2D eigenvalue weighted by Crippen LogP contribution is 2.19. The fourth-order valence-corrected chi connectivity index (χ4v) is 3.04. The molecule has 0 spiro atoms. The summed E-state index contributed by atoms with van der Waals surface area (Å²) in [5.41, 5.74) is 1.18. The van der Waals surface area contributed by atoms with Crippen molar-refractivity contribution in [3.05, 3.63) is 28.0 Å². The van der Waals surface area contributed by atoms with Gasteiger partial charge in [-0.1, -0.05) is 12.8 Å². The molecule has 0 radical (unpaired) electrons. The number of aliphatic hydroxyl groups is 1. The normalized spacial score (nSPS) is 24.3. The molecule has 0 saturated heterocycles. The van der Waals surface area contributed by atoms with Crippen LogP contribution in [0.15, 0.2) is 17.5 Å². The Morgan fingerprint density at radius 2 is 2.28 bits per heavy atom. The maximum absolute atomic E-state index is 11.8. The average molecular weight is 265 g/mol. The van der Waals surface area contributed by atoms with Gasteiger partial charge in [0.2, 0.25) is 5.91 Å². The van der Waals surface area contributed by atoms with Gasteiger partial charge in [0, 0.05) is 11.0 Å². The van der Waals surface area contributed by atoms with Crippen LogP contribution in [0.25, 0.3) is 6.08 Å². The fourth-order valence-electron chi connectivity index (χ4n) is 2.22. The monoisotopic (exact) mass is 265 g/mol. The van der Waals surface area contributed by atoms with E-state index < -0.39 is 0 Å². The Morgan fingerprint density at radius 3 is 2.94 bits per heavy atom. The first-order chi connectivity index (χ1) is 8.66. The lowest BCUT2D eigenvalue weighted by Crippen LogP contribution is -2.44. The van der Waals surface area contributed by atoms with Gasteiger partial charge in [-0.2, -0.15) is 0 Å². The van der Waals surface area contributed by atoms with Crippen molar-refractivity contribution in [2.75, 3.05) is 0 Å². The van der Waals surface area contributed by atoms with Crippen LogP contribution in [0.2, 0.25) is 0 Å². The number of hydrogen-bond donors (Lipinski definition) is 2. The standard InChI is InChI=1S/C14H19NO2S/c1-10-8-9-18-13(10)6-7-14(17)15-11-4-2-3-5-12(11)16/h6-9,11-12,16H,2-5H2,1H3,(H,15,17). The average Bonchev–Trinajstić information content (AvgIpc) is 2.75. The third kappa shape index (κ3) is 3.43. The number of hydrogen-bond acceptors (Lipinski definition) is 3. The van der Waals surface area contributed by atoms with E-state index in [4.69, 9.17) is 0 Å². The van der Waals surface area contributed by atoms with Crippen LogP contribution in [0.1, 0.15) is 36.1 Å². The molecule has 1 amide bonds. The predicted octanol–water partition coefficient (Wildman–Crippen LogP) is 2.49. The van der Waals surface area contributed by atoms with Crippen LogP contribution in [-0.2, 0) is 4.79 Å². The molecule has 1 heterocycles. The summed E-state index contributed by atoms with van der Waals surface area (Å²) < 4.78 is 0. The summed E-state index contributed by atoms with van der Waals surface area (Å²) >= 11 is 1.62. The molecule has 18 heavy (non-hydrogen) atoms. The Kier molecular flexibility index (Phi) is 4.55. The molecule has 2 unspecified atom stereocenters. The summed E-state index contributed by atoms with van der Waals surface area (Å²) in [7, 11) is 0. The van der Waals surface area contributed by atoms with Gasteiger partial charge in [0.05, 0.1) is 12.1 Å². The number of aliphatic hydroxyl groups excluding tert-OH is 1. The van der Waals surface area contributed by atoms with Crippen LogP contribution >= 0.6 is 11.3 Å². The van der Waals surface area contributed by atoms with E-state index in [1.165, 1.54) is 5.56 Å². The van der Waals surface area contributed by atoms with Gasteiger partial charge in [-0.3, -0.25) is 4.79 Å². The third-order valence-electron chi connectivity index (χ3n) is 3.34. The lowest BCUT2D eigenvalue weighted by atomic mass is 9.92. The first-order valence-corrected chi connectivity index (χ1v) is 7.25. The van der Waals surface area contributed by atoms with Gasteiger partial charge in [0.1, 0.15) is 0 Å². The van der Waals surface area contributed by atoms with Gasteiger partial charge >= 0.3 is 0 Å². The quantitative estimate of drug-likeness (QED) is 0.825. The first kappa shape index (κ1) is 13.3. The second-order valence-electron chi connectivity index (χ2n) is 4.77. The highest BCUT2D eigenvalue weighted by molar-refractivity contribution is 7.11. The van der Waals surface area contributed by atoms with Crippen LogP contribution in [0, 0.1) is 6.92 Å². The van der Waals surface area contributed by atoms with Crippen LogP contribution in [-0.4, -0.2) is 23.2 Å². The molecule has 1 aromatic heterocycles. The Bertz CT molecular complexity index is 439. The van der Waals surface area contributed by atoms with Crippen molar-refractivity contribution in [2.45, 2.75) is 44.8 Å². The molecule has 4 heteroatoms. The molecule has 0 aromatic carbocycles. The van der Waals surface area contributed by atoms with Gasteiger partial charge in [0.25, 0.3) is 0 Å². The molecule has 2 rings (SSSR count). The maximum atomic E-state index is 11.8. The zero-order valence-electron chi connectivity index (χ0n) is 10.6. The Labute approximate surface area is 112 Å². The molecule has 98 valence electrons. The van der Waals surface area contributed by atoms with Crippen molar-refractivity contribution in [3.63, 3.8) is 0 Å². The minimum Gasteiger partial charge on any atom is -0.391 e. The Hall–Kier alpha value is -1.13. The molecule has 1 aliphatic rings. The molecule has 2 atom stereocenters. The second kappa shape index (κ2) is 6.16. The highest BCUT2D eigenvalue weighted by atomic mass is 32.1. The molecule has 3 nitrogen and oxygen atoms in total. The molecular weight excluding hydrogens is 246 g/mol. The van der Waals surface area contributed by atoms with E-state index in [2.05, 4.69) is 5.32 Å². The molecule has 1 aliphatic carbocycles. The van der Waals surface area contributed by atoms with Gasteiger partial charge in [-0.05, 0) is 42.9 Å². The molecule has 1 aromatic rings. The minimum atomic E-state index is -0.389. The third-order valence-corrected chi connectivity index (χ3v) is 4.33. The summed E-state index contributed by atoms with van der Waals surface area (Å²) in [5, 5.41) is 14.7. The van der Waals surface area contributed by atoms with Gasteiger partial charge in [0.15, 0.2) is 0 Å². The topological polar surface area (TPSA) is 49.3 Å². The van der Waals surface area contributed by atoms with Crippen LogP contribution < -0.4 is 5.32 Å². The summed E-state index contributed by atoms with van der Waals surface area (Å²) in [6.45, 7) is 2.03. The SMILES string of the molecule is Cc1ccsc1C=CC(=O)NC1CCCCC1O. The Balaban J connectivity index is 1.88. The van der Waals surface area contributed by atoms with E-state index >= 15 is 0 Å². The molecule has 0 bridgehead atoms. The van der Waals surface area contributed by atoms with Gasteiger partial charge in [-0.25, -0.2) is 0 Å². The molecule has 0 aliphatic heterocycles. The molecular formula is C14H19NO2S. The maximum Gasteiger partial charge on any atom is 0.244 e. The van der Waals surface area contributed by atoms with Crippen LogP contribution in [0.4, 0.5) is 0 Å². The summed E-state index contributed by atoms with van der Waals surface area (Å²) in [6, 6.07) is 1.95. The van der Waals surface area contributed by atoms with E-state index in [0.717, 1.165) is 30.6 Å². The van der Waals surface area contributed by atoms with E-state index in [9.17, 15) is 9.90 Å². The summed E-state index contributed by atoms with van der Waals surface area (Å²) in [4.78, 5) is 12.9. The second-order valence-corrected chi connectivity index (χ2v) is 5.72. The number of nitrogens with one attached hydrogen (secondary N) is 1. The predicted molar refractivity (Wildman–Crippen MR) is 74.5 cm³/mol. The van der Waals surface area contributed by atoms with E-state index in [1.54, 1.807) is 17.4 Å². The van der Waals surface area contributed by atoms with Crippen molar-refractivity contribution < 1.29 is 9.90 Å². The largest absolute Gasteiger partial charge is 0.391 e. The zero-order valence-corrected chi connectivity index (χ0v) is 11.4. The van der Waals surface area contributed by atoms with E-state index in [-0.39, 0.29) is 18.1 Å². The van der Waals surface area contributed by atoms with Crippen LogP contribution in [0.3, 0.4) is 0 Å². The number of carbonyl (C=O) groups is 1. The van der Waals surface area contributed by atoms with Crippen LogP contribution in [0.5, 0.6) is 0 Å². The summed E-state index contributed by atoms with van der Waals surface area (Å²) in [5.74, 6) is -0.117. The van der Waals surface area contributed by atoms with Crippen molar-refractivity contribution >= 4 is 23.3 Å². The van der Waals surface area contributed by atoms with E-state index in [0.29, 0.717) is 0 Å². The number of amides is 1. The lowest BCUT2D eigenvalue weighted by Gasteiger charge is -2.27. The van der Waals surface area contributed by atoms with Crippen molar-refractivity contribution in [1.82, 2.24) is 5.32 Å². The van der Waals surface area contributed by atoms with E-state index in [1.807, 2.05) is 24.4 Å². The number of thiophene rings is 1. The fraction of sp³-hybridized carbons (Fsp3) is 0.500. The lowest BCUT2D eigenvalue weighted by molar-refractivity contribution is -0.118. The molecule has 1 saturated carbocycles. The molecule has 2 N–H and O–H groups in total.